The molecule has 0 saturated carbocycles. The quantitative estimate of drug-likeness (QED) is 0.679. The predicted octanol–water partition coefficient (Wildman–Crippen LogP) is 0.318. The molecule has 4 nitrogen and oxygen atoms in total. The van der Waals surface area contributed by atoms with E-state index in [-0.39, 0.29) is 0 Å². The molecule has 1 unspecified atom stereocenters. The van der Waals surface area contributed by atoms with Gasteiger partial charge in [-0.3, -0.25) is 4.79 Å². The molecular formula is C10H14N2O2. The van der Waals surface area contributed by atoms with Crippen molar-refractivity contribution in [2.75, 3.05) is 7.11 Å². The summed E-state index contributed by atoms with van der Waals surface area (Å²) in [6.07, 6.45) is 0. The van der Waals surface area contributed by atoms with Gasteiger partial charge in [-0.15, -0.1) is 0 Å². The lowest BCUT2D eigenvalue weighted by atomic mass is 10.1. The normalized spacial score (nSPS) is 12.2. The van der Waals surface area contributed by atoms with Crippen molar-refractivity contribution in [2.45, 2.75) is 12.6 Å². The molecule has 76 valence electrons. The summed E-state index contributed by atoms with van der Waals surface area (Å²) in [6, 6.07) is 6.54. The minimum absolute atomic E-state index is 0.439. The third kappa shape index (κ3) is 2.31. The molecule has 0 bridgehead atoms. The molecule has 1 aromatic carbocycles. The first-order valence-corrected chi connectivity index (χ1v) is 4.31. The van der Waals surface area contributed by atoms with E-state index in [9.17, 15) is 4.79 Å². The van der Waals surface area contributed by atoms with E-state index in [1.54, 1.807) is 12.1 Å². The molecule has 1 rings (SSSR count). The van der Waals surface area contributed by atoms with Crippen LogP contribution in [0.4, 0.5) is 0 Å². The highest BCUT2D eigenvalue weighted by molar-refractivity contribution is 5.77. The Hall–Kier alpha value is -1.39. The van der Waals surface area contributed by atoms with Crippen molar-refractivity contribution in [1.82, 2.24) is 0 Å². The summed E-state index contributed by atoms with van der Waals surface area (Å²) >= 11 is 0. The van der Waals surface area contributed by atoms with Crippen LogP contribution in [-0.4, -0.2) is 13.1 Å². The van der Waals surface area contributed by atoms with Crippen molar-refractivity contribution < 1.29 is 9.53 Å². The Kier molecular flexibility index (Phi) is 3.62. The standard InChI is InChI=1S/C10H14N2O2/c1-14-10(13)9(12)8-4-2-7(6-11)3-5-8/h2-5,9H,6,11-12H2,1H3. The summed E-state index contributed by atoms with van der Waals surface area (Å²) in [4.78, 5) is 11.1. The number of methoxy groups -OCH3 is 1. The van der Waals surface area contributed by atoms with E-state index in [0.29, 0.717) is 6.54 Å². The average molecular weight is 194 g/mol. The average Bonchev–Trinajstić information content (AvgIpc) is 2.27. The molecule has 4 N–H and O–H groups in total. The third-order valence-electron chi connectivity index (χ3n) is 2.03. The first kappa shape index (κ1) is 10.7. The number of hydrogen-bond acceptors (Lipinski definition) is 4. The Bertz CT molecular complexity index is 308. The van der Waals surface area contributed by atoms with Gasteiger partial charge in [0.2, 0.25) is 0 Å². The monoisotopic (exact) mass is 194 g/mol. The number of nitrogens with two attached hydrogens (primary N) is 2. The van der Waals surface area contributed by atoms with Gasteiger partial charge in [-0.2, -0.15) is 0 Å². The largest absolute Gasteiger partial charge is 0.468 e. The maximum absolute atomic E-state index is 11.1. The van der Waals surface area contributed by atoms with E-state index in [1.165, 1.54) is 7.11 Å². The number of carbonyl (C=O) groups excluding carboxylic acids is 1. The van der Waals surface area contributed by atoms with Gasteiger partial charge >= 0.3 is 5.97 Å². The molecule has 0 amide bonds. The number of benzene rings is 1. The molecule has 0 heterocycles. The highest BCUT2D eigenvalue weighted by atomic mass is 16.5. The van der Waals surface area contributed by atoms with Crippen LogP contribution in [0, 0.1) is 0 Å². The Morgan fingerprint density at radius 1 is 1.43 bits per heavy atom. The minimum atomic E-state index is -0.716. The zero-order chi connectivity index (χ0) is 10.6. The van der Waals surface area contributed by atoms with Gasteiger partial charge in [0.25, 0.3) is 0 Å². The Labute approximate surface area is 82.8 Å². The molecule has 0 aliphatic carbocycles. The van der Waals surface area contributed by atoms with Crippen molar-refractivity contribution >= 4 is 5.97 Å². The summed E-state index contributed by atoms with van der Waals surface area (Å²) in [7, 11) is 1.32. The summed E-state index contributed by atoms with van der Waals surface area (Å²) in [5, 5.41) is 0. The highest BCUT2D eigenvalue weighted by Gasteiger charge is 2.15. The van der Waals surface area contributed by atoms with Gasteiger partial charge in [-0.25, -0.2) is 0 Å². The van der Waals surface area contributed by atoms with Crippen LogP contribution in [-0.2, 0) is 16.1 Å². The van der Waals surface area contributed by atoms with Crippen LogP contribution in [0.1, 0.15) is 17.2 Å². The van der Waals surface area contributed by atoms with Gasteiger partial charge < -0.3 is 16.2 Å². The molecule has 0 aromatic heterocycles. The number of hydrogen-bond donors (Lipinski definition) is 2. The maximum Gasteiger partial charge on any atom is 0.327 e. The van der Waals surface area contributed by atoms with Crippen molar-refractivity contribution in [1.29, 1.82) is 0 Å². The number of rotatable bonds is 3. The SMILES string of the molecule is COC(=O)C(N)c1ccc(CN)cc1. The van der Waals surface area contributed by atoms with Gasteiger partial charge in [0.15, 0.2) is 0 Å². The smallest absolute Gasteiger partial charge is 0.327 e. The lowest BCUT2D eigenvalue weighted by Crippen LogP contribution is -2.22. The minimum Gasteiger partial charge on any atom is -0.468 e. The molecule has 0 saturated heterocycles. The first-order valence-electron chi connectivity index (χ1n) is 4.31. The molecule has 14 heavy (non-hydrogen) atoms. The van der Waals surface area contributed by atoms with Crippen LogP contribution in [0.3, 0.4) is 0 Å². The summed E-state index contributed by atoms with van der Waals surface area (Å²) in [5.41, 5.74) is 12.8. The highest BCUT2D eigenvalue weighted by Crippen LogP contribution is 2.12. The lowest BCUT2D eigenvalue weighted by molar-refractivity contribution is -0.142. The number of esters is 1. The van der Waals surface area contributed by atoms with Gasteiger partial charge in [-0.1, -0.05) is 24.3 Å². The van der Waals surface area contributed by atoms with Crippen molar-refractivity contribution in [2.24, 2.45) is 11.5 Å². The first-order chi connectivity index (χ1) is 6.69. The zero-order valence-corrected chi connectivity index (χ0v) is 8.07. The molecule has 0 radical (unpaired) electrons. The van der Waals surface area contributed by atoms with Gasteiger partial charge in [0.1, 0.15) is 6.04 Å². The van der Waals surface area contributed by atoms with Crippen LogP contribution >= 0.6 is 0 Å². The predicted molar refractivity (Wildman–Crippen MR) is 53.3 cm³/mol. The molecule has 1 atom stereocenters. The van der Waals surface area contributed by atoms with Crippen LogP contribution in [0.2, 0.25) is 0 Å². The molecular weight excluding hydrogens is 180 g/mol. The van der Waals surface area contributed by atoms with Crippen LogP contribution in [0.25, 0.3) is 0 Å². The molecule has 4 heteroatoms. The maximum atomic E-state index is 11.1. The summed E-state index contributed by atoms with van der Waals surface area (Å²) < 4.78 is 4.53. The van der Waals surface area contributed by atoms with E-state index < -0.39 is 12.0 Å². The molecule has 0 aliphatic heterocycles. The molecule has 1 aromatic rings. The summed E-state index contributed by atoms with van der Waals surface area (Å²) in [5.74, 6) is -0.439. The van der Waals surface area contributed by atoms with Crippen LogP contribution in [0.15, 0.2) is 24.3 Å². The molecule has 0 fully saturated rings. The Morgan fingerprint density at radius 2 is 2.00 bits per heavy atom. The zero-order valence-electron chi connectivity index (χ0n) is 8.07. The topological polar surface area (TPSA) is 78.3 Å². The van der Waals surface area contributed by atoms with Crippen molar-refractivity contribution in [3.63, 3.8) is 0 Å². The fourth-order valence-electron chi connectivity index (χ4n) is 1.12. The van der Waals surface area contributed by atoms with Crippen LogP contribution in [0.5, 0.6) is 0 Å². The second kappa shape index (κ2) is 4.74. The van der Waals surface area contributed by atoms with Crippen molar-refractivity contribution in [3.8, 4) is 0 Å². The Morgan fingerprint density at radius 3 is 2.43 bits per heavy atom. The fraction of sp³-hybridized carbons (Fsp3) is 0.300. The van der Waals surface area contributed by atoms with Gasteiger partial charge in [-0.05, 0) is 11.1 Å². The van der Waals surface area contributed by atoms with Gasteiger partial charge in [0, 0.05) is 6.54 Å². The number of ether oxygens (including phenoxy) is 1. The van der Waals surface area contributed by atoms with E-state index >= 15 is 0 Å². The van der Waals surface area contributed by atoms with E-state index in [4.69, 9.17) is 11.5 Å². The molecule has 0 aliphatic rings. The van der Waals surface area contributed by atoms with E-state index in [2.05, 4.69) is 4.74 Å². The number of carbonyl (C=O) groups is 1. The molecule has 0 spiro atoms. The van der Waals surface area contributed by atoms with Crippen molar-refractivity contribution in [3.05, 3.63) is 35.4 Å². The fourth-order valence-corrected chi connectivity index (χ4v) is 1.12. The Balaban J connectivity index is 2.81. The van der Waals surface area contributed by atoms with Crippen LogP contribution < -0.4 is 11.5 Å². The van der Waals surface area contributed by atoms with E-state index in [0.717, 1.165) is 11.1 Å². The second-order valence-electron chi connectivity index (χ2n) is 2.95. The van der Waals surface area contributed by atoms with E-state index in [1.807, 2.05) is 12.1 Å². The second-order valence-corrected chi connectivity index (χ2v) is 2.95. The van der Waals surface area contributed by atoms with Gasteiger partial charge in [0.05, 0.1) is 7.11 Å². The lowest BCUT2D eigenvalue weighted by Gasteiger charge is -2.09. The third-order valence-corrected chi connectivity index (χ3v) is 2.03. The summed E-state index contributed by atoms with van der Waals surface area (Å²) in [6.45, 7) is 0.480.